The van der Waals surface area contributed by atoms with Gasteiger partial charge in [-0.1, -0.05) is 0 Å². The predicted molar refractivity (Wildman–Crippen MR) is 54.6 cm³/mol. The lowest BCUT2D eigenvalue weighted by atomic mass is 9.96. The first-order valence-electron chi connectivity index (χ1n) is 4.75. The van der Waals surface area contributed by atoms with Crippen molar-refractivity contribution in [2.24, 2.45) is 0 Å². The van der Waals surface area contributed by atoms with Gasteiger partial charge in [-0.15, -0.1) is 0 Å². The molecule has 1 aromatic carbocycles. The van der Waals surface area contributed by atoms with E-state index in [1.807, 2.05) is 0 Å². The number of hydrogen-bond donors (Lipinski definition) is 2. The van der Waals surface area contributed by atoms with Crippen molar-refractivity contribution in [3.05, 3.63) is 35.4 Å². The van der Waals surface area contributed by atoms with Crippen molar-refractivity contribution in [1.29, 1.82) is 0 Å². The van der Waals surface area contributed by atoms with Crippen LogP contribution in [0.3, 0.4) is 0 Å². The van der Waals surface area contributed by atoms with E-state index in [4.69, 9.17) is 0 Å². The van der Waals surface area contributed by atoms with Crippen molar-refractivity contribution in [3.8, 4) is 0 Å². The normalized spacial score (nSPS) is 15.0. The van der Waals surface area contributed by atoms with E-state index in [9.17, 15) is 13.9 Å². The third-order valence-electron chi connectivity index (χ3n) is 2.06. The second-order valence-corrected chi connectivity index (χ2v) is 3.98. The minimum atomic E-state index is -1.00. The fraction of sp³-hybridized carbons (Fsp3) is 0.455. The molecule has 0 fully saturated rings. The van der Waals surface area contributed by atoms with Gasteiger partial charge in [0.05, 0.1) is 5.60 Å². The third-order valence-corrected chi connectivity index (χ3v) is 2.06. The Kier molecular flexibility index (Phi) is 3.77. The number of likely N-dealkylation sites (N-methyl/N-ethyl adjacent to an activating group) is 1. The van der Waals surface area contributed by atoms with E-state index in [0.717, 1.165) is 6.07 Å². The lowest BCUT2D eigenvalue weighted by Crippen LogP contribution is -2.38. The molecule has 0 heterocycles. The first-order valence-corrected chi connectivity index (χ1v) is 4.75. The molecule has 1 atom stereocenters. The van der Waals surface area contributed by atoms with Gasteiger partial charge >= 0.3 is 0 Å². The van der Waals surface area contributed by atoms with E-state index in [1.54, 1.807) is 14.0 Å². The lowest BCUT2D eigenvalue weighted by molar-refractivity contribution is 0.0621. The molecule has 0 bridgehead atoms. The van der Waals surface area contributed by atoms with E-state index >= 15 is 0 Å². The van der Waals surface area contributed by atoms with Crippen LogP contribution in [-0.2, 0) is 6.42 Å². The van der Waals surface area contributed by atoms with E-state index in [2.05, 4.69) is 5.32 Å². The number of nitrogens with one attached hydrogen (secondary N) is 1. The molecule has 0 saturated heterocycles. The molecule has 4 heteroatoms. The fourth-order valence-electron chi connectivity index (χ4n) is 1.60. The summed E-state index contributed by atoms with van der Waals surface area (Å²) in [7, 11) is 1.71. The highest BCUT2D eigenvalue weighted by Gasteiger charge is 2.20. The van der Waals surface area contributed by atoms with Gasteiger partial charge in [-0.2, -0.15) is 0 Å². The van der Waals surface area contributed by atoms with Crippen LogP contribution in [0.2, 0.25) is 0 Å². The third kappa shape index (κ3) is 3.93. The fourth-order valence-corrected chi connectivity index (χ4v) is 1.60. The van der Waals surface area contributed by atoms with Crippen LogP contribution in [0.25, 0.3) is 0 Å². The molecule has 0 aromatic heterocycles. The molecule has 0 saturated carbocycles. The zero-order valence-corrected chi connectivity index (χ0v) is 8.85. The van der Waals surface area contributed by atoms with Gasteiger partial charge in [-0.25, -0.2) is 8.78 Å². The Morgan fingerprint density at radius 3 is 2.27 bits per heavy atom. The highest BCUT2D eigenvalue weighted by molar-refractivity contribution is 5.19. The Hall–Kier alpha value is -1.00. The molecule has 0 spiro atoms. The van der Waals surface area contributed by atoms with Crippen molar-refractivity contribution < 1.29 is 13.9 Å². The monoisotopic (exact) mass is 215 g/mol. The van der Waals surface area contributed by atoms with Gasteiger partial charge in [0.15, 0.2) is 0 Å². The van der Waals surface area contributed by atoms with Crippen LogP contribution < -0.4 is 5.32 Å². The molecule has 0 radical (unpaired) electrons. The van der Waals surface area contributed by atoms with Gasteiger partial charge in [0.2, 0.25) is 0 Å². The lowest BCUT2D eigenvalue weighted by Gasteiger charge is -2.22. The summed E-state index contributed by atoms with van der Waals surface area (Å²) >= 11 is 0. The zero-order valence-electron chi connectivity index (χ0n) is 8.85. The topological polar surface area (TPSA) is 32.3 Å². The van der Waals surface area contributed by atoms with E-state index < -0.39 is 17.2 Å². The first-order chi connectivity index (χ1) is 6.93. The SMILES string of the molecule is CNCC(C)(O)Cc1cc(F)cc(F)c1. The minimum Gasteiger partial charge on any atom is -0.389 e. The van der Waals surface area contributed by atoms with Gasteiger partial charge < -0.3 is 10.4 Å². The highest BCUT2D eigenvalue weighted by atomic mass is 19.1. The van der Waals surface area contributed by atoms with Crippen molar-refractivity contribution in [2.45, 2.75) is 18.9 Å². The molecule has 1 aromatic rings. The van der Waals surface area contributed by atoms with E-state index in [-0.39, 0.29) is 6.42 Å². The second-order valence-electron chi connectivity index (χ2n) is 3.98. The van der Waals surface area contributed by atoms with Gasteiger partial charge in [0.1, 0.15) is 11.6 Å². The maximum absolute atomic E-state index is 12.9. The van der Waals surface area contributed by atoms with Gasteiger partial charge in [0, 0.05) is 19.0 Å². The molecular formula is C11H15F2NO. The molecule has 2 nitrogen and oxygen atoms in total. The van der Waals surface area contributed by atoms with Crippen LogP contribution in [0.4, 0.5) is 8.78 Å². The second kappa shape index (κ2) is 4.68. The molecule has 84 valence electrons. The molecule has 0 aliphatic rings. The van der Waals surface area contributed by atoms with Crippen LogP contribution in [0.15, 0.2) is 18.2 Å². The molecule has 2 N–H and O–H groups in total. The maximum Gasteiger partial charge on any atom is 0.126 e. The zero-order chi connectivity index (χ0) is 11.5. The van der Waals surface area contributed by atoms with Crippen LogP contribution in [0.5, 0.6) is 0 Å². The van der Waals surface area contributed by atoms with Gasteiger partial charge in [-0.3, -0.25) is 0 Å². The largest absolute Gasteiger partial charge is 0.389 e. The summed E-state index contributed by atoms with van der Waals surface area (Å²) < 4.78 is 25.7. The molecular weight excluding hydrogens is 200 g/mol. The summed E-state index contributed by atoms with van der Waals surface area (Å²) in [4.78, 5) is 0. The Labute approximate surface area is 87.9 Å². The Morgan fingerprint density at radius 1 is 1.27 bits per heavy atom. The number of aliphatic hydroxyl groups is 1. The minimum absolute atomic E-state index is 0.211. The summed E-state index contributed by atoms with van der Waals surface area (Å²) in [5.41, 5.74) is -0.553. The van der Waals surface area contributed by atoms with Crippen LogP contribution in [-0.4, -0.2) is 24.3 Å². The molecule has 0 amide bonds. The smallest absolute Gasteiger partial charge is 0.126 e. The summed E-state index contributed by atoms with van der Waals surface area (Å²) in [5.74, 6) is -1.24. The number of hydrogen-bond acceptors (Lipinski definition) is 2. The van der Waals surface area contributed by atoms with Crippen LogP contribution in [0.1, 0.15) is 12.5 Å². The Bertz CT molecular complexity index is 319. The quantitative estimate of drug-likeness (QED) is 0.797. The molecule has 0 aliphatic heterocycles. The van der Waals surface area contributed by atoms with Crippen molar-refractivity contribution >= 4 is 0 Å². The average molecular weight is 215 g/mol. The summed E-state index contributed by atoms with van der Waals surface area (Å²) in [6, 6.07) is 3.27. The Balaban J connectivity index is 2.80. The number of rotatable bonds is 4. The number of halogens is 2. The summed E-state index contributed by atoms with van der Waals surface area (Å²) in [5, 5.41) is 12.7. The highest BCUT2D eigenvalue weighted by Crippen LogP contribution is 2.15. The van der Waals surface area contributed by atoms with Crippen molar-refractivity contribution in [2.75, 3.05) is 13.6 Å². The van der Waals surface area contributed by atoms with E-state index in [1.165, 1.54) is 12.1 Å². The van der Waals surface area contributed by atoms with Crippen LogP contribution >= 0.6 is 0 Å². The molecule has 0 aliphatic carbocycles. The van der Waals surface area contributed by atoms with Gasteiger partial charge in [-0.05, 0) is 31.7 Å². The predicted octanol–water partition coefficient (Wildman–Crippen LogP) is 1.48. The number of benzene rings is 1. The van der Waals surface area contributed by atoms with Crippen molar-refractivity contribution in [3.63, 3.8) is 0 Å². The Morgan fingerprint density at radius 2 is 1.80 bits per heavy atom. The summed E-state index contributed by atoms with van der Waals surface area (Å²) in [6.45, 7) is 1.98. The maximum atomic E-state index is 12.9. The standard InChI is InChI=1S/C11H15F2NO/c1-11(15,7-14-2)6-8-3-9(12)5-10(13)4-8/h3-5,14-15H,6-7H2,1-2H3. The van der Waals surface area contributed by atoms with Gasteiger partial charge in [0.25, 0.3) is 0 Å². The first kappa shape index (κ1) is 12.1. The van der Waals surface area contributed by atoms with Crippen molar-refractivity contribution in [1.82, 2.24) is 5.32 Å². The molecule has 15 heavy (non-hydrogen) atoms. The van der Waals surface area contributed by atoms with Crippen LogP contribution in [0, 0.1) is 11.6 Å². The average Bonchev–Trinajstić information content (AvgIpc) is 1.99. The molecule has 1 unspecified atom stereocenters. The van der Waals surface area contributed by atoms with E-state index in [0.29, 0.717) is 12.1 Å². The summed E-state index contributed by atoms with van der Waals surface area (Å²) in [6.07, 6.45) is 0.211. The molecule has 1 rings (SSSR count).